The molecule has 1 aliphatic heterocycles. The van der Waals surface area contributed by atoms with E-state index >= 15 is 0 Å². The predicted molar refractivity (Wildman–Crippen MR) is 121 cm³/mol. The Bertz CT molecular complexity index is 1310. The summed E-state index contributed by atoms with van der Waals surface area (Å²) in [5, 5.41) is 3.17. The lowest BCUT2D eigenvalue weighted by molar-refractivity contribution is 0.102. The maximum atomic E-state index is 12.9. The Kier molecular flexibility index (Phi) is 6.03. The number of hydrogen-bond acceptors (Lipinski definition) is 6. The second-order valence-electron chi connectivity index (χ2n) is 7.77. The van der Waals surface area contributed by atoms with Gasteiger partial charge in [0.25, 0.3) is 5.91 Å². The van der Waals surface area contributed by atoms with Crippen LogP contribution < -0.4 is 15.7 Å². The first-order chi connectivity index (χ1) is 15.3. The fourth-order valence-corrected chi connectivity index (χ4v) is 5.61. The molecule has 0 saturated carbocycles. The van der Waals surface area contributed by atoms with Gasteiger partial charge in [-0.15, -0.1) is 0 Å². The molecule has 1 fully saturated rings. The summed E-state index contributed by atoms with van der Waals surface area (Å²) in [6.45, 7) is 2.42. The number of hydrogen-bond donors (Lipinski definition) is 1. The third kappa shape index (κ3) is 4.13. The molecule has 9 heteroatoms. The van der Waals surface area contributed by atoms with Gasteiger partial charge >= 0.3 is 5.63 Å². The number of ether oxygens (including phenoxy) is 1. The number of nitrogens with zero attached hydrogens (tertiary/aromatic N) is 1. The van der Waals surface area contributed by atoms with Crippen LogP contribution in [0.1, 0.15) is 36.5 Å². The second-order valence-corrected chi connectivity index (χ2v) is 9.66. The van der Waals surface area contributed by atoms with Crippen LogP contribution in [0.25, 0.3) is 11.0 Å². The maximum Gasteiger partial charge on any atom is 0.349 e. The molecule has 1 amide bonds. The number of piperidine rings is 1. The zero-order valence-electron chi connectivity index (χ0n) is 17.8. The lowest BCUT2D eigenvalue weighted by Crippen LogP contribution is -2.41. The van der Waals surface area contributed by atoms with Gasteiger partial charge in [-0.1, -0.05) is 18.6 Å². The molecule has 0 spiro atoms. The molecule has 32 heavy (non-hydrogen) atoms. The first-order valence-corrected chi connectivity index (χ1v) is 11.8. The molecule has 0 unspecified atom stereocenters. The van der Waals surface area contributed by atoms with E-state index in [0.717, 1.165) is 19.3 Å². The number of para-hydroxylation sites is 1. The molecular formula is C23H24N2O6S. The molecule has 1 saturated heterocycles. The minimum absolute atomic E-state index is 0.0427. The van der Waals surface area contributed by atoms with Crippen LogP contribution in [-0.2, 0) is 10.0 Å². The van der Waals surface area contributed by atoms with Gasteiger partial charge in [0, 0.05) is 23.7 Å². The van der Waals surface area contributed by atoms with Crippen molar-refractivity contribution in [2.45, 2.75) is 37.1 Å². The largest absolute Gasteiger partial charge is 0.493 e. The first kappa shape index (κ1) is 22.0. The van der Waals surface area contributed by atoms with Crippen molar-refractivity contribution >= 4 is 32.6 Å². The lowest BCUT2D eigenvalue weighted by Gasteiger charge is -2.32. The van der Waals surface area contributed by atoms with E-state index in [1.807, 2.05) is 6.92 Å². The summed E-state index contributed by atoms with van der Waals surface area (Å²) in [6.07, 6.45) is 2.71. The van der Waals surface area contributed by atoms with Crippen molar-refractivity contribution in [3.8, 4) is 5.75 Å². The number of nitrogens with one attached hydrogen (secondary N) is 1. The molecule has 2 aromatic carbocycles. The highest BCUT2D eigenvalue weighted by Crippen LogP contribution is 2.27. The molecule has 3 aromatic rings. The molecule has 0 bridgehead atoms. The SMILES string of the molecule is COc1cccc2cc(C(=O)Nc3ccc(S(=O)(=O)N4CCCC[C@H]4C)cc3)c(=O)oc12. The molecule has 1 aromatic heterocycles. The summed E-state index contributed by atoms with van der Waals surface area (Å²) in [4.78, 5) is 25.2. The van der Waals surface area contributed by atoms with Gasteiger partial charge in [-0.3, -0.25) is 4.79 Å². The Labute approximate surface area is 185 Å². The standard InChI is InChI=1S/C23H24N2O6S/c1-15-6-3-4-13-25(15)32(28,29)18-11-9-17(10-12-18)24-22(26)19-14-16-7-5-8-20(30-2)21(16)31-23(19)27/h5,7-12,14-15H,3-4,6,13H2,1-2H3,(H,24,26)/t15-/m1/s1. The topological polar surface area (TPSA) is 106 Å². The van der Waals surface area contributed by atoms with Crippen LogP contribution in [-0.4, -0.2) is 38.3 Å². The minimum atomic E-state index is -3.60. The van der Waals surface area contributed by atoms with Crippen molar-refractivity contribution in [3.05, 3.63) is 64.5 Å². The molecule has 2 heterocycles. The monoisotopic (exact) mass is 456 g/mol. The van der Waals surface area contributed by atoms with Crippen LogP contribution in [0.5, 0.6) is 5.75 Å². The third-order valence-corrected chi connectivity index (χ3v) is 7.68. The lowest BCUT2D eigenvalue weighted by atomic mass is 10.1. The summed E-state index contributed by atoms with van der Waals surface area (Å²) in [6, 6.07) is 12.4. The third-order valence-electron chi connectivity index (χ3n) is 5.65. The van der Waals surface area contributed by atoms with Crippen molar-refractivity contribution in [1.29, 1.82) is 0 Å². The van der Waals surface area contributed by atoms with Crippen LogP contribution in [0.2, 0.25) is 0 Å². The van der Waals surface area contributed by atoms with Gasteiger partial charge in [0.15, 0.2) is 11.3 Å². The average Bonchev–Trinajstić information content (AvgIpc) is 2.78. The van der Waals surface area contributed by atoms with E-state index in [-0.39, 0.29) is 22.1 Å². The van der Waals surface area contributed by atoms with Gasteiger partial charge < -0.3 is 14.5 Å². The van der Waals surface area contributed by atoms with Crippen LogP contribution >= 0.6 is 0 Å². The van der Waals surface area contributed by atoms with E-state index in [1.165, 1.54) is 41.7 Å². The zero-order valence-corrected chi connectivity index (χ0v) is 18.6. The summed E-state index contributed by atoms with van der Waals surface area (Å²) in [5.41, 5.74) is -0.328. The number of amides is 1. The highest BCUT2D eigenvalue weighted by Gasteiger charge is 2.30. The minimum Gasteiger partial charge on any atom is -0.493 e. The van der Waals surface area contributed by atoms with Gasteiger partial charge in [0.1, 0.15) is 5.56 Å². The summed E-state index contributed by atoms with van der Waals surface area (Å²) in [5.74, 6) is -0.255. The van der Waals surface area contributed by atoms with Gasteiger partial charge in [0.05, 0.1) is 12.0 Å². The van der Waals surface area contributed by atoms with Gasteiger partial charge in [-0.2, -0.15) is 4.31 Å². The van der Waals surface area contributed by atoms with E-state index in [1.54, 1.807) is 18.2 Å². The molecular weight excluding hydrogens is 432 g/mol. The van der Waals surface area contributed by atoms with Crippen molar-refractivity contribution in [1.82, 2.24) is 4.31 Å². The smallest absolute Gasteiger partial charge is 0.349 e. The summed E-state index contributed by atoms with van der Waals surface area (Å²) in [7, 11) is -2.14. The van der Waals surface area contributed by atoms with Crippen LogP contribution in [0, 0.1) is 0 Å². The molecule has 8 nitrogen and oxygen atoms in total. The fourth-order valence-electron chi connectivity index (χ4n) is 3.91. The molecule has 168 valence electrons. The van der Waals surface area contributed by atoms with Crippen LogP contribution in [0.15, 0.2) is 62.6 Å². The molecule has 1 N–H and O–H groups in total. The van der Waals surface area contributed by atoms with Gasteiger partial charge in [-0.25, -0.2) is 13.2 Å². The number of carbonyl (C=O) groups excluding carboxylic acids is 1. The van der Waals surface area contributed by atoms with Crippen molar-refractivity contribution in [2.24, 2.45) is 0 Å². The number of benzene rings is 2. The van der Waals surface area contributed by atoms with E-state index in [2.05, 4.69) is 5.32 Å². The number of rotatable bonds is 5. The summed E-state index contributed by atoms with van der Waals surface area (Å²) >= 11 is 0. The highest BCUT2D eigenvalue weighted by molar-refractivity contribution is 7.89. The van der Waals surface area contributed by atoms with E-state index in [9.17, 15) is 18.0 Å². The van der Waals surface area contributed by atoms with Crippen molar-refractivity contribution in [3.63, 3.8) is 0 Å². The number of carbonyl (C=O) groups is 1. The number of fused-ring (bicyclic) bond motifs is 1. The van der Waals surface area contributed by atoms with E-state index in [4.69, 9.17) is 9.15 Å². The molecule has 0 radical (unpaired) electrons. The Balaban J connectivity index is 1.56. The summed E-state index contributed by atoms with van der Waals surface area (Å²) < 4.78 is 37.9. The molecule has 0 aliphatic carbocycles. The second kappa shape index (κ2) is 8.76. The van der Waals surface area contributed by atoms with Gasteiger partial charge in [-0.05, 0) is 56.2 Å². The zero-order chi connectivity index (χ0) is 22.9. The van der Waals surface area contributed by atoms with Crippen molar-refractivity contribution < 1.29 is 22.4 Å². The van der Waals surface area contributed by atoms with E-state index < -0.39 is 21.6 Å². The maximum absolute atomic E-state index is 12.9. The Morgan fingerprint density at radius 2 is 1.91 bits per heavy atom. The fraction of sp³-hybridized carbons (Fsp3) is 0.304. The Morgan fingerprint density at radius 3 is 2.59 bits per heavy atom. The Morgan fingerprint density at radius 1 is 1.16 bits per heavy atom. The number of anilines is 1. The Hall–Kier alpha value is -3.17. The highest BCUT2D eigenvalue weighted by atomic mass is 32.2. The number of methoxy groups -OCH3 is 1. The van der Waals surface area contributed by atoms with Gasteiger partial charge in [0.2, 0.25) is 10.0 Å². The quantitative estimate of drug-likeness (QED) is 0.588. The molecule has 1 aliphatic rings. The normalized spacial score (nSPS) is 17.2. The van der Waals surface area contributed by atoms with Crippen LogP contribution in [0.3, 0.4) is 0 Å². The average molecular weight is 457 g/mol. The first-order valence-electron chi connectivity index (χ1n) is 10.4. The van der Waals surface area contributed by atoms with Crippen LogP contribution in [0.4, 0.5) is 5.69 Å². The van der Waals surface area contributed by atoms with E-state index in [0.29, 0.717) is 23.4 Å². The molecule has 1 atom stereocenters. The molecule has 4 rings (SSSR count). The number of sulfonamides is 1. The predicted octanol–water partition coefficient (Wildman–Crippen LogP) is 3.62. The van der Waals surface area contributed by atoms with Crippen molar-refractivity contribution in [2.75, 3.05) is 19.0 Å².